The second-order valence-corrected chi connectivity index (χ2v) is 3.73. The highest BCUT2D eigenvalue weighted by Crippen LogP contribution is 2.17. The van der Waals surface area contributed by atoms with Crippen molar-refractivity contribution >= 4 is 0 Å². The highest BCUT2D eigenvalue weighted by atomic mass is 14.7. The van der Waals surface area contributed by atoms with Gasteiger partial charge in [-0.05, 0) is 24.5 Å². The third-order valence-electron chi connectivity index (χ3n) is 2.54. The van der Waals surface area contributed by atoms with E-state index in [1.54, 1.807) is 0 Å². The van der Waals surface area contributed by atoms with Crippen molar-refractivity contribution in [3.63, 3.8) is 0 Å². The summed E-state index contributed by atoms with van der Waals surface area (Å²) in [5, 5.41) is 0. The Morgan fingerprint density at radius 3 is 2.44 bits per heavy atom. The van der Waals surface area contributed by atoms with Crippen LogP contribution in [0.5, 0.6) is 0 Å². The molecule has 0 saturated heterocycles. The average molecular weight is 209 g/mol. The van der Waals surface area contributed by atoms with Gasteiger partial charge in [0.15, 0.2) is 0 Å². The summed E-state index contributed by atoms with van der Waals surface area (Å²) in [5.41, 5.74) is 3.51. The number of pyridine rings is 1. The fourth-order valence-electron chi connectivity index (χ4n) is 1.62. The average Bonchev–Trinajstić information content (AvgIpc) is 2.38. The molecule has 0 radical (unpaired) electrons. The molecule has 0 N–H and O–H groups in total. The molecule has 80 valence electrons. The van der Waals surface area contributed by atoms with E-state index in [1.807, 2.05) is 30.5 Å². The molecule has 2 aromatic rings. The molecular weight excluding hydrogens is 194 g/mol. The zero-order valence-corrected chi connectivity index (χ0v) is 9.26. The number of aryl methyl sites for hydroxylation is 1. The van der Waals surface area contributed by atoms with E-state index >= 15 is 0 Å². The van der Waals surface area contributed by atoms with Gasteiger partial charge in [-0.25, -0.2) is 0 Å². The molecule has 0 amide bonds. The van der Waals surface area contributed by atoms with Gasteiger partial charge in [-0.15, -0.1) is 6.58 Å². The van der Waals surface area contributed by atoms with Gasteiger partial charge in [0.25, 0.3) is 0 Å². The molecule has 2 rings (SSSR count). The molecule has 1 heteroatoms. The van der Waals surface area contributed by atoms with Gasteiger partial charge in [-0.2, -0.15) is 0 Å². The summed E-state index contributed by atoms with van der Waals surface area (Å²) in [6.45, 7) is 3.71. The number of nitrogens with zero attached hydrogens (tertiary/aromatic N) is 1. The monoisotopic (exact) mass is 209 g/mol. The first kappa shape index (κ1) is 10.6. The van der Waals surface area contributed by atoms with Gasteiger partial charge in [0.1, 0.15) is 0 Å². The predicted molar refractivity (Wildman–Crippen MR) is 68.2 cm³/mol. The van der Waals surface area contributed by atoms with Crippen molar-refractivity contribution in [1.82, 2.24) is 4.98 Å². The topological polar surface area (TPSA) is 12.9 Å². The van der Waals surface area contributed by atoms with Crippen LogP contribution in [-0.4, -0.2) is 4.98 Å². The minimum atomic E-state index is 0.971. The van der Waals surface area contributed by atoms with Crippen LogP contribution in [0.2, 0.25) is 0 Å². The van der Waals surface area contributed by atoms with Gasteiger partial charge in [0, 0.05) is 17.5 Å². The lowest BCUT2D eigenvalue weighted by Gasteiger charge is -2.02. The van der Waals surface area contributed by atoms with Crippen molar-refractivity contribution < 1.29 is 0 Å². The van der Waals surface area contributed by atoms with Crippen LogP contribution in [0, 0.1) is 0 Å². The Labute approximate surface area is 96.5 Å². The molecule has 0 fully saturated rings. The third kappa shape index (κ3) is 2.57. The molecule has 1 aromatic heterocycles. The van der Waals surface area contributed by atoms with Crippen LogP contribution in [0.4, 0.5) is 0 Å². The van der Waals surface area contributed by atoms with Crippen molar-refractivity contribution in [2.75, 3.05) is 0 Å². The maximum atomic E-state index is 4.44. The summed E-state index contributed by atoms with van der Waals surface area (Å²) in [6.07, 6.45) is 5.82. The number of allylic oxidation sites excluding steroid dienone is 1. The number of hydrogen-bond donors (Lipinski definition) is 0. The Balaban J connectivity index is 2.16. The van der Waals surface area contributed by atoms with Gasteiger partial charge in [0.05, 0.1) is 0 Å². The standard InChI is InChI=1S/C15H15N/c1-2-3-9-15-11-10-14(12-16-15)13-7-5-4-6-8-13/h2,4-8,10-12H,1,3,9H2. The smallest absolute Gasteiger partial charge is 0.0407 e. The van der Waals surface area contributed by atoms with Gasteiger partial charge in [-0.3, -0.25) is 4.98 Å². The molecule has 0 spiro atoms. The first-order chi connectivity index (χ1) is 7.90. The molecule has 0 saturated carbocycles. The van der Waals surface area contributed by atoms with Crippen molar-refractivity contribution in [2.24, 2.45) is 0 Å². The highest BCUT2D eigenvalue weighted by molar-refractivity contribution is 5.62. The SMILES string of the molecule is C=CCCc1ccc(-c2ccccc2)cn1. The molecule has 0 atom stereocenters. The Morgan fingerprint density at radius 1 is 1.00 bits per heavy atom. The summed E-state index contributed by atoms with van der Waals surface area (Å²) in [4.78, 5) is 4.44. The van der Waals surface area contributed by atoms with Gasteiger partial charge < -0.3 is 0 Å². The van der Waals surface area contributed by atoms with Crippen LogP contribution in [-0.2, 0) is 6.42 Å². The number of aromatic nitrogens is 1. The van der Waals surface area contributed by atoms with E-state index in [0.717, 1.165) is 18.5 Å². The second-order valence-electron chi connectivity index (χ2n) is 3.73. The quantitative estimate of drug-likeness (QED) is 0.697. The van der Waals surface area contributed by atoms with Crippen LogP contribution in [0.3, 0.4) is 0 Å². The molecule has 0 unspecified atom stereocenters. The summed E-state index contributed by atoms with van der Waals surface area (Å²) in [6, 6.07) is 14.5. The normalized spacial score (nSPS) is 10.0. The lowest BCUT2D eigenvalue weighted by Crippen LogP contribution is -1.89. The van der Waals surface area contributed by atoms with E-state index in [2.05, 4.69) is 35.8 Å². The van der Waals surface area contributed by atoms with E-state index < -0.39 is 0 Å². The summed E-state index contributed by atoms with van der Waals surface area (Å²) in [5.74, 6) is 0. The lowest BCUT2D eigenvalue weighted by molar-refractivity contribution is 0.946. The molecule has 1 heterocycles. The largest absolute Gasteiger partial charge is 0.261 e. The van der Waals surface area contributed by atoms with Crippen LogP contribution < -0.4 is 0 Å². The first-order valence-electron chi connectivity index (χ1n) is 5.51. The Morgan fingerprint density at radius 2 is 1.81 bits per heavy atom. The zero-order valence-electron chi connectivity index (χ0n) is 9.26. The van der Waals surface area contributed by atoms with Crippen molar-refractivity contribution in [1.29, 1.82) is 0 Å². The molecule has 0 aliphatic carbocycles. The van der Waals surface area contributed by atoms with Crippen molar-refractivity contribution in [3.05, 3.63) is 67.0 Å². The van der Waals surface area contributed by atoms with Crippen LogP contribution in [0.25, 0.3) is 11.1 Å². The van der Waals surface area contributed by atoms with Crippen LogP contribution >= 0.6 is 0 Å². The Bertz CT molecular complexity index is 443. The zero-order chi connectivity index (χ0) is 11.2. The summed E-state index contributed by atoms with van der Waals surface area (Å²) in [7, 11) is 0. The third-order valence-corrected chi connectivity index (χ3v) is 2.54. The fraction of sp³-hybridized carbons (Fsp3) is 0.133. The maximum absolute atomic E-state index is 4.44. The maximum Gasteiger partial charge on any atom is 0.0407 e. The van der Waals surface area contributed by atoms with E-state index in [0.29, 0.717) is 0 Å². The van der Waals surface area contributed by atoms with Gasteiger partial charge in [0.2, 0.25) is 0 Å². The minimum absolute atomic E-state index is 0.971. The minimum Gasteiger partial charge on any atom is -0.261 e. The van der Waals surface area contributed by atoms with E-state index in [4.69, 9.17) is 0 Å². The van der Waals surface area contributed by atoms with Crippen molar-refractivity contribution in [2.45, 2.75) is 12.8 Å². The molecule has 1 nitrogen and oxygen atoms in total. The number of rotatable bonds is 4. The molecule has 0 bridgehead atoms. The highest BCUT2D eigenvalue weighted by Gasteiger charge is 1.97. The Kier molecular flexibility index (Phi) is 3.50. The molecular formula is C15H15N. The number of hydrogen-bond acceptors (Lipinski definition) is 1. The first-order valence-corrected chi connectivity index (χ1v) is 5.51. The molecule has 0 aliphatic rings. The van der Waals surface area contributed by atoms with E-state index in [-0.39, 0.29) is 0 Å². The lowest BCUT2D eigenvalue weighted by atomic mass is 10.1. The Hall–Kier alpha value is -1.89. The molecule has 16 heavy (non-hydrogen) atoms. The summed E-state index contributed by atoms with van der Waals surface area (Å²) < 4.78 is 0. The fourth-order valence-corrected chi connectivity index (χ4v) is 1.62. The number of benzene rings is 1. The van der Waals surface area contributed by atoms with Crippen LogP contribution in [0.1, 0.15) is 12.1 Å². The van der Waals surface area contributed by atoms with E-state index in [9.17, 15) is 0 Å². The second kappa shape index (κ2) is 5.26. The molecule has 0 aliphatic heterocycles. The molecule has 1 aromatic carbocycles. The van der Waals surface area contributed by atoms with Crippen LogP contribution in [0.15, 0.2) is 61.3 Å². The van der Waals surface area contributed by atoms with Gasteiger partial charge >= 0.3 is 0 Å². The van der Waals surface area contributed by atoms with Crippen molar-refractivity contribution in [3.8, 4) is 11.1 Å². The van der Waals surface area contributed by atoms with E-state index in [1.165, 1.54) is 11.1 Å². The predicted octanol–water partition coefficient (Wildman–Crippen LogP) is 3.87. The van der Waals surface area contributed by atoms with Gasteiger partial charge in [-0.1, -0.05) is 42.5 Å². The summed E-state index contributed by atoms with van der Waals surface area (Å²) >= 11 is 0.